The van der Waals surface area contributed by atoms with E-state index >= 15 is 0 Å². The minimum atomic E-state index is 0.565. The molecule has 0 aliphatic carbocycles. The molecule has 0 spiro atoms. The van der Waals surface area contributed by atoms with E-state index in [0.717, 1.165) is 18.8 Å². The molecule has 3 heteroatoms. The van der Waals surface area contributed by atoms with Crippen molar-refractivity contribution in [1.82, 2.24) is 9.88 Å². The first-order valence-electron chi connectivity index (χ1n) is 5.68. The number of rotatable bonds is 3. The van der Waals surface area contributed by atoms with Crippen molar-refractivity contribution in [2.75, 3.05) is 25.5 Å². The summed E-state index contributed by atoms with van der Waals surface area (Å²) in [5, 5.41) is 3.47. The quantitative estimate of drug-likeness (QED) is 0.815. The van der Waals surface area contributed by atoms with Crippen LogP contribution in [0.15, 0.2) is 18.3 Å². The lowest BCUT2D eigenvalue weighted by molar-refractivity contribution is 0.414. The van der Waals surface area contributed by atoms with Crippen LogP contribution in [0.4, 0.5) is 5.82 Å². The van der Waals surface area contributed by atoms with E-state index in [2.05, 4.69) is 41.3 Å². The molecule has 1 fully saturated rings. The molecule has 1 saturated heterocycles. The number of anilines is 1. The number of likely N-dealkylation sites (N-methyl/N-ethyl adjacent to an activating group) is 1. The third-order valence-corrected chi connectivity index (χ3v) is 2.98. The maximum Gasteiger partial charge on any atom is 0.126 e. The third-order valence-electron chi connectivity index (χ3n) is 2.98. The molecule has 0 bridgehead atoms. The first-order valence-corrected chi connectivity index (χ1v) is 5.68. The number of hydrogen-bond acceptors (Lipinski definition) is 3. The van der Waals surface area contributed by atoms with Gasteiger partial charge in [0.2, 0.25) is 0 Å². The van der Waals surface area contributed by atoms with Gasteiger partial charge in [0.15, 0.2) is 0 Å². The van der Waals surface area contributed by atoms with Crippen molar-refractivity contribution < 1.29 is 0 Å². The van der Waals surface area contributed by atoms with Gasteiger partial charge in [-0.15, -0.1) is 0 Å². The molecule has 0 saturated carbocycles. The van der Waals surface area contributed by atoms with Crippen LogP contribution in [0.1, 0.15) is 18.9 Å². The van der Waals surface area contributed by atoms with Crippen molar-refractivity contribution in [2.24, 2.45) is 0 Å². The van der Waals surface area contributed by atoms with Crippen LogP contribution in [0.5, 0.6) is 0 Å². The number of aromatic nitrogens is 1. The smallest absolute Gasteiger partial charge is 0.126 e. The molecular weight excluding hydrogens is 186 g/mol. The van der Waals surface area contributed by atoms with E-state index < -0.39 is 0 Å². The summed E-state index contributed by atoms with van der Waals surface area (Å²) in [5.74, 6) is 1.01. The van der Waals surface area contributed by atoms with Crippen LogP contribution in [-0.2, 0) is 6.42 Å². The Labute approximate surface area is 91.5 Å². The Morgan fingerprint density at radius 3 is 2.93 bits per heavy atom. The van der Waals surface area contributed by atoms with E-state index in [0.29, 0.717) is 6.04 Å². The van der Waals surface area contributed by atoms with Gasteiger partial charge in [-0.05, 0) is 38.1 Å². The van der Waals surface area contributed by atoms with Crippen LogP contribution < -0.4 is 5.32 Å². The molecule has 1 aromatic rings. The molecule has 2 heterocycles. The Bertz CT molecular complexity index is 307. The molecule has 0 unspecified atom stereocenters. The van der Waals surface area contributed by atoms with E-state index in [-0.39, 0.29) is 0 Å². The predicted octanol–water partition coefficient (Wildman–Crippen LogP) is 1.76. The molecule has 1 atom stereocenters. The summed E-state index contributed by atoms with van der Waals surface area (Å²) in [6.45, 7) is 4.46. The van der Waals surface area contributed by atoms with Crippen molar-refractivity contribution in [3.63, 3.8) is 0 Å². The number of aryl methyl sites for hydroxylation is 1. The summed E-state index contributed by atoms with van der Waals surface area (Å²) in [6.07, 6.45) is 4.23. The first kappa shape index (κ1) is 10.4. The van der Waals surface area contributed by atoms with Gasteiger partial charge in [0.1, 0.15) is 5.82 Å². The van der Waals surface area contributed by atoms with Gasteiger partial charge in [-0.3, -0.25) is 0 Å². The van der Waals surface area contributed by atoms with Crippen molar-refractivity contribution in [3.8, 4) is 0 Å². The lowest BCUT2D eigenvalue weighted by Crippen LogP contribution is -2.23. The Hall–Kier alpha value is -1.09. The molecule has 3 nitrogen and oxygen atoms in total. The zero-order chi connectivity index (χ0) is 10.7. The lowest BCUT2D eigenvalue weighted by Gasteiger charge is -2.13. The highest BCUT2D eigenvalue weighted by Gasteiger charge is 2.18. The minimum absolute atomic E-state index is 0.565. The molecule has 0 aromatic carbocycles. The van der Waals surface area contributed by atoms with Gasteiger partial charge in [-0.25, -0.2) is 4.98 Å². The highest BCUT2D eigenvalue weighted by Crippen LogP contribution is 2.13. The number of likely N-dealkylation sites (tertiary alicyclic amines) is 1. The average Bonchev–Trinajstić information content (AvgIpc) is 2.65. The Morgan fingerprint density at radius 1 is 1.53 bits per heavy atom. The number of nitrogens with zero attached hydrogens (tertiary/aromatic N) is 2. The van der Waals surface area contributed by atoms with E-state index in [9.17, 15) is 0 Å². The SMILES string of the molecule is CCc1ccc(N[C@H]2CCN(C)C2)nc1. The molecular formula is C12H19N3. The summed E-state index contributed by atoms with van der Waals surface area (Å²) in [4.78, 5) is 6.75. The molecule has 1 aromatic heterocycles. The first-order chi connectivity index (χ1) is 7.28. The molecule has 1 aliphatic rings. The normalized spacial score (nSPS) is 21.9. The topological polar surface area (TPSA) is 28.2 Å². The van der Waals surface area contributed by atoms with Crippen LogP contribution in [0, 0.1) is 0 Å². The highest BCUT2D eigenvalue weighted by molar-refractivity contribution is 5.37. The van der Waals surface area contributed by atoms with Crippen LogP contribution in [0.25, 0.3) is 0 Å². The molecule has 15 heavy (non-hydrogen) atoms. The second-order valence-electron chi connectivity index (χ2n) is 4.30. The second-order valence-corrected chi connectivity index (χ2v) is 4.30. The Balaban J connectivity index is 1.93. The fourth-order valence-corrected chi connectivity index (χ4v) is 1.98. The van der Waals surface area contributed by atoms with Crippen molar-refractivity contribution >= 4 is 5.82 Å². The van der Waals surface area contributed by atoms with E-state index in [1.54, 1.807) is 0 Å². The van der Waals surface area contributed by atoms with Gasteiger partial charge in [-0.2, -0.15) is 0 Å². The number of hydrogen-bond donors (Lipinski definition) is 1. The number of nitrogens with one attached hydrogen (secondary N) is 1. The molecule has 82 valence electrons. The zero-order valence-corrected chi connectivity index (χ0v) is 9.53. The predicted molar refractivity (Wildman–Crippen MR) is 63.1 cm³/mol. The lowest BCUT2D eigenvalue weighted by atomic mass is 10.2. The van der Waals surface area contributed by atoms with Gasteiger partial charge in [0, 0.05) is 18.8 Å². The van der Waals surface area contributed by atoms with Crippen LogP contribution in [-0.4, -0.2) is 36.1 Å². The third kappa shape index (κ3) is 2.69. The molecule has 0 amide bonds. The summed E-state index contributed by atoms with van der Waals surface area (Å²) >= 11 is 0. The maximum absolute atomic E-state index is 4.41. The van der Waals surface area contributed by atoms with Gasteiger partial charge >= 0.3 is 0 Å². The van der Waals surface area contributed by atoms with Crippen molar-refractivity contribution in [1.29, 1.82) is 0 Å². The van der Waals surface area contributed by atoms with E-state index in [4.69, 9.17) is 0 Å². The van der Waals surface area contributed by atoms with E-state index in [1.165, 1.54) is 18.5 Å². The van der Waals surface area contributed by atoms with Crippen molar-refractivity contribution in [2.45, 2.75) is 25.8 Å². The molecule has 1 aliphatic heterocycles. The molecule has 1 N–H and O–H groups in total. The maximum atomic E-state index is 4.41. The minimum Gasteiger partial charge on any atom is -0.366 e. The van der Waals surface area contributed by atoms with Gasteiger partial charge in [0.05, 0.1) is 0 Å². The Morgan fingerprint density at radius 2 is 2.40 bits per heavy atom. The summed E-state index contributed by atoms with van der Waals surface area (Å²) in [7, 11) is 2.16. The average molecular weight is 205 g/mol. The monoisotopic (exact) mass is 205 g/mol. The Kier molecular flexibility index (Phi) is 3.21. The van der Waals surface area contributed by atoms with Crippen LogP contribution in [0.3, 0.4) is 0 Å². The van der Waals surface area contributed by atoms with Crippen LogP contribution >= 0.6 is 0 Å². The molecule has 0 radical (unpaired) electrons. The fraction of sp³-hybridized carbons (Fsp3) is 0.583. The van der Waals surface area contributed by atoms with Gasteiger partial charge < -0.3 is 10.2 Å². The number of pyridine rings is 1. The van der Waals surface area contributed by atoms with Gasteiger partial charge in [-0.1, -0.05) is 13.0 Å². The van der Waals surface area contributed by atoms with Crippen LogP contribution in [0.2, 0.25) is 0 Å². The summed E-state index contributed by atoms with van der Waals surface area (Å²) in [5.41, 5.74) is 1.30. The zero-order valence-electron chi connectivity index (χ0n) is 9.53. The highest BCUT2D eigenvalue weighted by atomic mass is 15.2. The second kappa shape index (κ2) is 4.62. The standard InChI is InChI=1S/C12H19N3/c1-3-10-4-5-12(13-8-10)14-11-6-7-15(2)9-11/h4-5,8,11H,3,6-7,9H2,1-2H3,(H,13,14)/t11-/m0/s1. The van der Waals surface area contributed by atoms with E-state index in [1.807, 2.05) is 6.20 Å². The molecule has 2 rings (SSSR count). The largest absolute Gasteiger partial charge is 0.366 e. The summed E-state index contributed by atoms with van der Waals surface area (Å²) < 4.78 is 0. The van der Waals surface area contributed by atoms with Crippen molar-refractivity contribution in [3.05, 3.63) is 23.9 Å². The summed E-state index contributed by atoms with van der Waals surface area (Å²) in [6, 6.07) is 4.79. The van der Waals surface area contributed by atoms with Gasteiger partial charge in [0.25, 0.3) is 0 Å². The fourth-order valence-electron chi connectivity index (χ4n) is 1.98.